The smallest absolute Gasteiger partial charge is 0.327 e. The number of nitrogens with one attached hydrogen (secondary N) is 1. The van der Waals surface area contributed by atoms with E-state index in [1.807, 2.05) is 18.2 Å². The van der Waals surface area contributed by atoms with Crippen LogP contribution in [0.4, 0.5) is 0 Å². The van der Waals surface area contributed by atoms with E-state index >= 15 is 0 Å². The number of benzene rings is 1. The normalized spacial score (nSPS) is 24.2. The van der Waals surface area contributed by atoms with Gasteiger partial charge in [0.1, 0.15) is 6.04 Å². The highest BCUT2D eigenvalue weighted by atomic mass is 16.4. The molecule has 0 aliphatic carbocycles. The lowest BCUT2D eigenvalue weighted by molar-refractivity contribution is -0.140. The fourth-order valence-corrected chi connectivity index (χ4v) is 1.92. The summed E-state index contributed by atoms with van der Waals surface area (Å²) in [7, 11) is 0. The number of carboxylic acids is 1. The van der Waals surface area contributed by atoms with Crippen molar-refractivity contribution in [3.8, 4) is 0 Å². The van der Waals surface area contributed by atoms with Crippen LogP contribution in [0.1, 0.15) is 11.5 Å². The minimum absolute atomic E-state index is 0.304. The van der Waals surface area contributed by atoms with Crippen molar-refractivity contribution in [2.75, 3.05) is 0 Å². The third kappa shape index (κ3) is 1.58. The van der Waals surface area contributed by atoms with E-state index in [2.05, 4.69) is 11.9 Å². The van der Waals surface area contributed by atoms with Gasteiger partial charge >= 0.3 is 5.97 Å². The van der Waals surface area contributed by atoms with E-state index in [1.54, 1.807) is 12.1 Å². The third-order valence-electron chi connectivity index (χ3n) is 2.71. The second-order valence-corrected chi connectivity index (χ2v) is 3.70. The fourth-order valence-electron chi connectivity index (χ4n) is 1.92. The molecule has 4 heteroatoms. The molecule has 1 saturated heterocycles. The van der Waals surface area contributed by atoms with Crippen LogP contribution in [0.3, 0.4) is 0 Å². The predicted octanol–water partition coefficient (Wildman–Crippen LogP) is 0.909. The van der Waals surface area contributed by atoms with Crippen molar-refractivity contribution in [2.24, 2.45) is 0 Å². The molecule has 0 saturated carbocycles. The molecule has 0 spiro atoms. The van der Waals surface area contributed by atoms with Gasteiger partial charge in [0.25, 0.3) is 0 Å². The number of carboxylic acid groups (broad SMARTS) is 1. The summed E-state index contributed by atoms with van der Waals surface area (Å²) < 4.78 is 0. The van der Waals surface area contributed by atoms with E-state index in [4.69, 9.17) is 5.11 Å². The van der Waals surface area contributed by atoms with Gasteiger partial charge in [-0.05, 0) is 5.56 Å². The van der Waals surface area contributed by atoms with Crippen molar-refractivity contribution in [2.45, 2.75) is 12.0 Å². The van der Waals surface area contributed by atoms with E-state index in [0.29, 0.717) is 5.57 Å². The third-order valence-corrected chi connectivity index (χ3v) is 2.71. The lowest BCUT2D eigenvalue weighted by atomic mass is 9.89. The Hall–Kier alpha value is -2.10. The average molecular weight is 217 g/mol. The van der Waals surface area contributed by atoms with Gasteiger partial charge in [0.15, 0.2) is 0 Å². The Morgan fingerprint density at radius 3 is 2.50 bits per heavy atom. The predicted molar refractivity (Wildman–Crippen MR) is 57.9 cm³/mol. The van der Waals surface area contributed by atoms with Gasteiger partial charge < -0.3 is 10.4 Å². The number of hydrogen-bond donors (Lipinski definition) is 2. The first kappa shape index (κ1) is 10.4. The van der Waals surface area contributed by atoms with E-state index in [0.717, 1.165) is 5.56 Å². The molecule has 1 aromatic carbocycles. The molecule has 2 N–H and O–H groups in total. The summed E-state index contributed by atoms with van der Waals surface area (Å²) in [5.74, 6) is -1.91. The Balaban J connectivity index is 2.41. The van der Waals surface area contributed by atoms with Crippen molar-refractivity contribution in [1.29, 1.82) is 0 Å². The summed E-state index contributed by atoms with van der Waals surface area (Å²) in [5, 5.41) is 11.4. The van der Waals surface area contributed by atoms with Crippen molar-refractivity contribution in [1.82, 2.24) is 5.32 Å². The zero-order valence-corrected chi connectivity index (χ0v) is 8.51. The molecule has 2 rings (SSSR count). The first-order chi connectivity index (χ1) is 7.61. The highest BCUT2D eigenvalue weighted by Gasteiger charge is 2.41. The van der Waals surface area contributed by atoms with Crippen molar-refractivity contribution >= 4 is 11.9 Å². The molecule has 0 radical (unpaired) electrons. The number of amides is 1. The van der Waals surface area contributed by atoms with E-state index < -0.39 is 17.9 Å². The summed E-state index contributed by atoms with van der Waals surface area (Å²) >= 11 is 0. The molecular weight excluding hydrogens is 206 g/mol. The van der Waals surface area contributed by atoms with E-state index in [-0.39, 0.29) is 5.91 Å². The quantitative estimate of drug-likeness (QED) is 0.723. The maximum Gasteiger partial charge on any atom is 0.327 e. The van der Waals surface area contributed by atoms with Crippen molar-refractivity contribution in [3.63, 3.8) is 0 Å². The molecule has 1 aromatic rings. The molecular formula is C12H11NO3. The molecule has 1 heterocycles. The zero-order valence-electron chi connectivity index (χ0n) is 8.51. The highest BCUT2D eigenvalue weighted by Crippen LogP contribution is 2.31. The lowest BCUT2D eigenvalue weighted by Gasteiger charge is -2.15. The number of aliphatic carboxylic acids is 1. The van der Waals surface area contributed by atoms with Crippen LogP contribution in [-0.4, -0.2) is 23.0 Å². The summed E-state index contributed by atoms with van der Waals surface area (Å²) in [4.78, 5) is 22.4. The van der Waals surface area contributed by atoms with Crippen LogP contribution in [0.15, 0.2) is 42.5 Å². The molecule has 0 aromatic heterocycles. The molecule has 16 heavy (non-hydrogen) atoms. The van der Waals surface area contributed by atoms with Gasteiger partial charge in [0, 0.05) is 11.5 Å². The zero-order chi connectivity index (χ0) is 11.7. The van der Waals surface area contributed by atoms with E-state index in [9.17, 15) is 9.59 Å². The Bertz CT molecular complexity index is 453. The number of carbonyl (C=O) groups is 2. The SMILES string of the molecule is C=C1C(=O)N[C@H](C(=O)O)[C@H]1c1ccccc1. The Morgan fingerprint density at radius 2 is 1.94 bits per heavy atom. The summed E-state index contributed by atoms with van der Waals surface area (Å²) in [6.07, 6.45) is 0. The molecule has 0 bridgehead atoms. The Labute approximate surface area is 92.6 Å². The van der Waals surface area contributed by atoms with Crippen LogP contribution in [-0.2, 0) is 9.59 Å². The minimum atomic E-state index is -1.04. The van der Waals surface area contributed by atoms with Gasteiger partial charge in [-0.1, -0.05) is 36.9 Å². The lowest BCUT2D eigenvalue weighted by Crippen LogP contribution is -2.35. The maximum absolute atomic E-state index is 11.4. The number of carbonyl (C=O) groups excluding carboxylic acids is 1. The minimum Gasteiger partial charge on any atom is -0.480 e. The maximum atomic E-state index is 11.4. The van der Waals surface area contributed by atoms with Gasteiger partial charge in [-0.2, -0.15) is 0 Å². The summed E-state index contributed by atoms with van der Waals surface area (Å²) in [5.41, 5.74) is 1.09. The van der Waals surface area contributed by atoms with Gasteiger partial charge in [-0.25, -0.2) is 4.79 Å². The molecule has 1 aliphatic rings. The number of rotatable bonds is 2. The fraction of sp³-hybridized carbons (Fsp3) is 0.167. The summed E-state index contributed by atoms with van der Waals surface area (Å²) in [6.45, 7) is 3.65. The highest BCUT2D eigenvalue weighted by molar-refractivity contribution is 6.02. The van der Waals surface area contributed by atoms with Crippen LogP contribution >= 0.6 is 0 Å². The Morgan fingerprint density at radius 1 is 1.31 bits per heavy atom. The van der Waals surface area contributed by atoms with Gasteiger partial charge in [-0.3, -0.25) is 4.79 Å². The average Bonchev–Trinajstić information content (AvgIpc) is 2.57. The first-order valence-corrected chi connectivity index (χ1v) is 4.88. The largest absolute Gasteiger partial charge is 0.480 e. The second-order valence-electron chi connectivity index (χ2n) is 3.70. The van der Waals surface area contributed by atoms with Crippen LogP contribution < -0.4 is 5.32 Å². The monoisotopic (exact) mass is 217 g/mol. The topological polar surface area (TPSA) is 66.4 Å². The van der Waals surface area contributed by atoms with Crippen LogP contribution in [0.2, 0.25) is 0 Å². The van der Waals surface area contributed by atoms with Crippen LogP contribution in [0.5, 0.6) is 0 Å². The van der Waals surface area contributed by atoms with Gasteiger partial charge in [0.2, 0.25) is 5.91 Å². The van der Waals surface area contributed by atoms with E-state index in [1.165, 1.54) is 0 Å². The molecule has 1 fully saturated rings. The summed E-state index contributed by atoms with van der Waals surface area (Å²) in [6, 6.07) is 8.14. The molecule has 2 atom stereocenters. The Kier molecular flexibility index (Phi) is 2.48. The molecule has 1 aliphatic heterocycles. The van der Waals surface area contributed by atoms with Crippen LogP contribution in [0, 0.1) is 0 Å². The first-order valence-electron chi connectivity index (χ1n) is 4.88. The molecule has 1 amide bonds. The molecule has 82 valence electrons. The molecule has 4 nitrogen and oxygen atoms in total. The second kappa shape index (κ2) is 3.81. The van der Waals surface area contributed by atoms with Gasteiger partial charge in [0.05, 0.1) is 0 Å². The number of hydrogen-bond acceptors (Lipinski definition) is 2. The van der Waals surface area contributed by atoms with Gasteiger partial charge in [-0.15, -0.1) is 0 Å². The standard InChI is InChI=1S/C12H11NO3/c1-7-9(8-5-3-2-4-6-8)10(12(15)16)13-11(7)14/h2-6,9-10H,1H2,(H,13,14)(H,15,16)/t9-,10+/m1/s1. The van der Waals surface area contributed by atoms with Crippen molar-refractivity contribution < 1.29 is 14.7 Å². The van der Waals surface area contributed by atoms with Crippen LogP contribution in [0.25, 0.3) is 0 Å². The van der Waals surface area contributed by atoms with Crippen molar-refractivity contribution in [3.05, 3.63) is 48.0 Å². The molecule has 0 unspecified atom stereocenters.